The molecule has 0 bridgehead atoms. The minimum Gasteiger partial charge on any atom is -0.479 e. The predicted octanol–water partition coefficient (Wildman–Crippen LogP) is 0.159. The van der Waals surface area contributed by atoms with E-state index < -0.39 is 24.0 Å². The number of carboxylic acid groups (broad SMARTS) is 1. The van der Waals surface area contributed by atoms with Crippen LogP contribution in [-0.2, 0) is 9.59 Å². The summed E-state index contributed by atoms with van der Waals surface area (Å²) in [4.78, 5) is 23.1. The SMILES string of the molecule is C[C@H](N)C(=O)NC(C(=O)O)C1=CC=CCC1=S. The van der Waals surface area contributed by atoms with Crippen molar-refractivity contribution in [2.75, 3.05) is 0 Å². The van der Waals surface area contributed by atoms with Crippen LogP contribution in [0, 0.1) is 0 Å². The summed E-state index contributed by atoms with van der Waals surface area (Å²) >= 11 is 5.08. The van der Waals surface area contributed by atoms with Crippen LogP contribution in [0.3, 0.4) is 0 Å². The lowest BCUT2D eigenvalue weighted by Crippen LogP contribution is -2.49. The van der Waals surface area contributed by atoms with Crippen LogP contribution in [-0.4, -0.2) is 33.9 Å². The summed E-state index contributed by atoms with van der Waals surface area (Å²) in [6.07, 6.45) is 5.67. The highest BCUT2D eigenvalue weighted by Gasteiger charge is 2.27. The van der Waals surface area contributed by atoms with Crippen molar-refractivity contribution in [2.24, 2.45) is 5.73 Å². The van der Waals surface area contributed by atoms with Gasteiger partial charge in [-0.15, -0.1) is 0 Å². The maximum atomic E-state index is 11.4. The molecule has 6 heteroatoms. The molecule has 4 N–H and O–H groups in total. The summed E-state index contributed by atoms with van der Waals surface area (Å²) in [6.45, 7) is 1.49. The van der Waals surface area contributed by atoms with Crippen molar-refractivity contribution in [1.29, 1.82) is 0 Å². The molecule has 1 aliphatic carbocycles. The first kappa shape index (κ1) is 13.5. The molecule has 0 radical (unpaired) electrons. The topological polar surface area (TPSA) is 92.4 Å². The highest BCUT2D eigenvalue weighted by Crippen LogP contribution is 2.14. The Labute approximate surface area is 104 Å². The van der Waals surface area contributed by atoms with E-state index in [-0.39, 0.29) is 0 Å². The Morgan fingerprint density at radius 2 is 2.24 bits per heavy atom. The summed E-state index contributed by atoms with van der Waals surface area (Å²) in [5.41, 5.74) is 5.81. The number of hydrogen-bond acceptors (Lipinski definition) is 4. The van der Waals surface area contributed by atoms with Gasteiger partial charge in [0.05, 0.1) is 6.04 Å². The third-order valence-electron chi connectivity index (χ3n) is 2.30. The number of carbonyl (C=O) groups excluding carboxylic acids is 1. The first-order valence-corrected chi connectivity index (χ1v) is 5.53. The van der Waals surface area contributed by atoms with Gasteiger partial charge in [-0.2, -0.15) is 0 Å². The molecule has 1 amide bonds. The fourth-order valence-corrected chi connectivity index (χ4v) is 1.64. The van der Waals surface area contributed by atoms with Gasteiger partial charge >= 0.3 is 5.97 Å². The molecule has 1 rings (SSSR count). The van der Waals surface area contributed by atoms with Crippen LogP contribution in [0.5, 0.6) is 0 Å². The predicted molar refractivity (Wildman–Crippen MR) is 67.7 cm³/mol. The lowest BCUT2D eigenvalue weighted by Gasteiger charge is -2.20. The highest BCUT2D eigenvalue weighted by molar-refractivity contribution is 7.80. The number of nitrogens with one attached hydrogen (secondary N) is 1. The molecule has 5 nitrogen and oxygen atoms in total. The van der Waals surface area contributed by atoms with Gasteiger partial charge in [-0.25, -0.2) is 4.79 Å². The zero-order valence-corrected chi connectivity index (χ0v) is 10.2. The van der Waals surface area contributed by atoms with Gasteiger partial charge in [-0.1, -0.05) is 30.4 Å². The zero-order chi connectivity index (χ0) is 13.0. The fourth-order valence-electron chi connectivity index (χ4n) is 1.36. The standard InChI is InChI=1S/C11H14N2O3S/c1-6(12)10(14)13-9(11(15)16)7-4-2-3-5-8(7)17/h2-4,6,9H,5,12H2,1H3,(H,13,14)(H,15,16)/t6-,9?/m0/s1. The van der Waals surface area contributed by atoms with Crippen molar-refractivity contribution in [3.8, 4) is 0 Å². The van der Waals surface area contributed by atoms with E-state index in [9.17, 15) is 9.59 Å². The molecule has 0 aromatic carbocycles. The molecule has 0 spiro atoms. The number of amides is 1. The first-order chi connectivity index (χ1) is 7.93. The van der Waals surface area contributed by atoms with E-state index in [1.807, 2.05) is 6.08 Å². The van der Waals surface area contributed by atoms with Crippen LogP contribution in [0.1, 0.15) is 13.3 Å². The highest BCUT2D eigenvalue weighted by atomic mass is 32.1. The molecule has 1 unspecified atom stereocenters. The van der Waals surface area contributed by atoms with E-state index >= 15 is 0 Å². The lowest BCUT2D eigenvalue weighted by atomic mass is 9.97. The van der Waals surface area contributed by atoms with Crippen molar-refractivity contribution in [3.05, 3.63) is 23.8 Å². The van der Waals surface area contributed by atoms with Crippen molar-refractivity contribution in [3.63, 3.8) is 0 Å². The molecule has 1 aliphatic rings. The van der Waals surface area contributed by atoms with Crippen molar-refractivity contribution in [2.45, 2.75) is 25.4 Å². The third-order valence-corrected chi connectivity index (χ3v) is 2.70. The molecular weight excluding hydrogens is 240 g/mol. The molecule has 0 saturated carbocycles. The van der Waals surface area contributed by atoms with Gasteiger partial charge in [0, 0.05) is 11.3 Å². The van der Waals surface area contributed by atoms with Crippen LogP contribution >= 0.6 is 12.2 Å². The fraction of sp³-hybridized carbons (Fsp3) is 0.364. The average Bonchev–Trinajstić information content (AvgIpc) is 2.26. The largest absolute Gasteiger partial charge is 0.479 e. The van der Waals surface area contributed by atoms with Gasteiger partial charge in [0.2, 0.25) is 5.91 Å². The number of aliphatic carboxylic acids is 1. The van der Waals surface area contributed by atoms with Crippen molar-refractivity contribution < 1.29 is 14.7 Å². The summed E-state index contributed by atoms with van der Waals surface area (Å²) in [5.74, 6) is -1.67. The van der Waals surface area contributed by atoms with Gasteiger partial charge in [-0.05, 0) is 12.5 Å². The summed E-state index contributed by atoms with van der Waals surface area (Å²) in [5, 5.41) is 11.5. The molecular formula is C11H14N2O3S. The second kappa shape index (κ2) is 5.70. The summed E-state index contributed by atoms with van der Waals surface area (Å²) < 4.78 is 0. The van der Waals surface area contributed by atoms with Crippen molar-refractivity contribution >= 4 is 29.0 Å². The number of thiocarbonyl (C=S) groups is 1. The number of nitrogens with two attached hydrogens (primary N) is 1. The number of hydrogen-bond donors (Lipinski definition) is 3. The molecule has 0 aliphatic heterocycles. The van der Waals surface area contributed by atoms with Gasteiger partial charge in [0.15, 0.2) is 6.04 Å². The molecule has 0 aromatic heterocycles. The smallest absolute Gasteiger partial charge is 0.330 e. The van der Waals surface area contributed by atoms with Crippen LogP contribution < -0.4 is 11.1 Å². The quantitative estimate of drug-likeness (QED) is 0.621. The lowest BCUT2D eigenvalue weighted by molar-refractivity contribution is -0.140. The number of carboxylic acids is 1. The summed E-state index contributed by atoms with van der Waals surface area (Å²) in [6, 6.07) is -1.89. The van der Waals surface area contributed by atoms with E-state index in [0.717, 1.165) is 0 Å². The van der Waals surface area contributed by atoms with Crippen molar-refractivity contribution in [1.82, 2.24) is 5.32 Å². The summed E-state index contributed by atoms with van der Waals surface area (Å²) in [7, 11) is 0. The number of rotatable bonds is 4. The number of allylic oxidation sites excluding steroid dienone is 3. The van der Waals surface area contributed by atoms with Crippen LogP contribution in [0.4, 0.5) is 0 Å². The van der Waals surface area contributed by atoms with Gasteiger partial charge in [0.1, 0.15) is 0 Å². The molecule has 2 atom stereocenters. The molecule has 0 fully saturated rings. The van der Waals surface area contributed by atoms with Gasteiger partial charge < -0.3 is 16.2 Å². The molecule has 92 valence electrons. The second-order valence-electron chi connectivity index (χ2n) is 3.75. The van der Waals surface area contributed by atoms with E-state index in [2.05, 4.69) is 5.32 Å². The first-order valence-electron chi connectivity index (χ1n) is 5.12. The molecule has 17 heavy (non-hydrogen) atoms. The normalized spacial score (nSPS) is 18.2. The van der Waals surface area contributed by atoms with E-state index in [1.165, 1.54) is 6.92 Å². The molecule has 0 saturated heterocycles. The maximum Gasteiger partial charge on any atom is 0.330 e. The van der Waals surface area contributed by atoms with Crippen LogP contribution in [0.15, 0.2) is 23.8 Å². The maximum absolute atomic E-state index is 11.4. The van der Waals surface area contributed by atoms with Gasteiger partial charge in [-0.3, -0.25) is 4.79 Å². The Kier molecular flexibility index (Phi) is 4.53. The monoisotopic (exact) mass is 254 g/mol. The van der Waals surface area contributed by atoms with Crippen LogP contribution in [0.25, 0.3) is 0 Å². The van der Waals surface area contributed by atoms with E-state index in [1.54, 1.807) is 12.2 Å². The Balaban J connectivity index is 2.90. The Bertz CT molecular complexity index is 413. The molecule has 0 heterocycles. The minimum absolute atomic E-state index is 0.434. The van der Waals surface area contributed by atoms with E-state index in [4.69, 9.17) is 23.1 Å². The molecule has 0 aromatic rings. The average molecular weight is 254 g/mol. The third kappa shape index (κ3) is 3.47. The van der Waals surface area contributed by atoms with Crippen LogP contribution in [0.2, 0.25) is 0 Å². The Morgan fingerprint density at radius 1 is 1.59 bits per heavy atom. The zero-order valence-electron chi connectivity index (χ0n) is 9.34. The van der Waals surface area contributed by atoms with Gasteiger partial charge in [0.25, 0.3) is 0 Å². The minimum atomic E-state index is -1.15. The van der Waals surface area contributed by atoms with E-state index in [0.29, 0.717) is 16.9 Å². The Morgan fingerprint density at radius 3 is 2.71 bits per heavy atom. The second-order valence-corrected chi connectivity index (χ2v) is 4.24. The Hall–Kier alpha value is -1.53. The number of carbonyl (C=O) groups is 2.